The van der Waals surface area contributed by atoms with Gasteiger partial charge in [0.05, 0.1) is 22.6 Å². The molecule has 0 fully saturated rings. The van der Waals surface area contributed by atoms with Gasteiger partial charge >= 0.3 is 0 Å². The van der Waals surface area contributed by atoms with Crippen LogP contribution < -0.4 is 0 Å². The molecule has 0 atom stereocenters. The molecule has 0 saturated carbocycles. The minimum Gasteiger partial charge on any atom is -0.456 e. The normalized spacial score (nSPS) is 11.5. The monoisotopic (exact) mass is 879 g/mol. The lowest BCUT2D eigenvalue weighted by atomic mass is 9.89. The summed E-state index contributed by atoms with van der Waals surface area (Å²) in [6, 6.07) is 87.4. The Morgan fingerprint density at radius 3 is 1.33 bits per heavy atom. The van der Waals surface area contributed by atoms with Gasteiger partial charge in [0, 0.05) is 54.7 Å². The van der Waals surface area contributed by atoms with Crippen molar-refractivity contribution in [1.82, 2.24) is 15.0 Å². The van der Waals surface area contributed by atoms with E-state index in [1.54, 1.807) is 0 Å². The van der Waals surface area contributed by atoms with Crippen molar-refractivity contribution >= 4 is 43.6 Å². The van der Waals surface area contributed by atoms with Crippen LogP contribution in [0.4, 0.5) is 0 Å². The topological polar surface area (TPSA) is 51.8 Å². The summed E-state index contributed by atoms with van der Waals surface area (Å²) in [6.45, 7) is 0. The standard InChI is InChI=1S/C65H41N3O/c1-4-18-42(19-5-1)45-24-14-28-49(36-45)57-41-58(68-65(67-57)52-31-17-25-46(39-52)43-20-6-2-7-21-43)50-29-15-26-47(37-50)48-27-16-30-51(38-48)64-55-40-60-63(54-33-11-13-35-59(54)69-60)61(44-22-8-3-9-23-44)62(55)53-32-10-12-34-56(53)66-64/h1-41H. The van der Waals surface area contributed by atoms with Crippen molar-refractivity contribution in [3.63, 3.8) is 0 Å². The van der Waals surface area contributed by atoms with E-state index < -0.39 is 0 Å². The van der Waals surface area contributed by atoms with Gasteiger partial charge in [0.2, 0.25) is 0 Å². The molecule has 3 heterocycles. The number of rotatable bonds is 8. The van der Waals surface area contributed by atoms with E-state index in [2.05, 4.69) is 231 Å². The third-order valence-electron chi connectivity index (χ3n) is 13.2. The summed E-state index contributed by atoms with van der Waals surface area (Å²) in [7, 11) is 0. The average Bonchev–Trinajstić information content (AvgIpc) is 3.81. The maximum atomic E-state index is 6.66. The van der Waals surface area contributed by atoms with Crippen LogP contribution in [0.3, 0.4) is 0 Å². The van der Waals surface area contributed by atoms with Crippen molar-refractivity contribution in [2.45, 2.75) is 0 Å². The summed E-state index contributed by atoms with van der Waals surface area (Å²) in [5, 5.41) is 5.52. The Labute approximate surface area is 399 Å². The van der Waals surface area contributed by atoms with Gasteiger partial charge in [-0.25, -0.2) is 15.0 Å². The number of aromatic nitrogens is 3. The first-order valence-corrected chi connectivity index (χ1v) is 23.3. The molecule has 0 saturated heterocycles. The number of nitrogens with zero attached hydrogens (tertiary/aromatic N) is 3. The van der Waals surface area contributed by atoms with E-state index in [1.165, 1.54) is 0 Å². The molecule has 0 bridgehead atoms. The van der Waals surface area contributed by atoms with Crippen molar-refractivity contribution in [3.05, 3.63) is 249 Å². The van der Waals surface area contributed by atoms with Gasteiger partial charge in [0.25, 0.3) is 0 Å². The van der Waals surface area contributed by atoms with E-state index >= 15 is 0 Å². The molecule has 0 N–H and O–H groups in total. The minimum absolute atomic E-state index is 0.667. The first kappa shape index (κ1) is 40.1. The van der Waals surface area contributed by atoms with Crippen LogP contribution >= 0.6 is 0 Å². The minimum atomic E-state index is 0.667. The molecule has 3 aromatic heterocycles. The Morgan fingerprint density at radius 1 is 0.261 bits per heavy atom. The van der Waals surface area contributed by atoms with Gasteiger partial charge in [0.1, 0.15) is 11.2 Å². The molecular formula is C65H41N3O. The van der Waals surface area contributed by atoms with Crippen LogP contribution in [0.15, 0.2) is 253 Å². The fourth-order valence-corrected chi connectivity index (χ4v) is 9.96. The SMILES string of the molecule is c1ccc(-c2cccc(-c3cc(-c4cccc(-c5cccc(-c6nc7ccccc7c7c(-c8ccccc8)c8c(cc67)oc6ccccc68)c5)c4)nc(-c4cccc(-c5ccccc5)c4)n3)c2)cc1. The molecular weight excluding hydrogens is 839 g/mol. The predicted molar refractivity (Wildman–Crippen MR) is 286 cm³/mol. The van der Waals surface area contributed by atoms with Gasteiger partial charge in [-0.1, -0.05) is 200 Å². The van der Waals surface area contributed by atoms with Gasteiger partial charge < -0.3 is 4.42 Å². The van der Waals surface area contributed by atoms with Crippen molar-refractivity contribution in [3.8, 4) is 89.7 Å². The molecule has 0 amide bonds. The van der Waals surface area contributed by atoms with Gasteiger partial charge in [0.15, 0.2) is 5.82 Å². The summed E-state index contributed by atoms with van der Waals surface area (Å²) in [4.78, 5) is 16.0. The molecule has 13 rings (SSSR count). The molecule has 0 aliphatic heterocycles. The highest BCUT2D eigenvalue weighted by Crippen LogP contribution is 2.46. The van der Waals surface area contributed by atoms with Crippen LogP contribution in [0, 0.1) is 0 Å². The van der Waals surface area contributed by atoms with Crippen LogP contribution in [0.5, 0.6) is 0 Å². The molecule has 10 aromatic carbocycles. The van der Waals surface area contributed by atoms with E-state index in [4.69, 9.17) is 19.4 Å². The fraction of sp³-hybridized carbons (Fsp3) is 0. The zero-order valence-corrected chi connectivity index (χ0v) is 37.4. The Kier molecular flexibility index (Phi) is 9.80. The van der Waals surface area contributed by atoms with Gasteiger partial charge in [-0.15, -0.1) is 0 Å². The third-order valence-corrected chi connectivity index (χ3v) is 13.2. The highest BCUT2D eigenvalue weighted by Gasteiger charge is 2.22. The predicted octanol–water partition coefficient (Wildman–Crippen LogP) is 17.4. The Morgan fingerprint density at radius 2 is 0.710 bits per heavy atom. The van der Waals surface area contributed by atoms with E-state index in [9.17, 15) is 0 Å². The second-order valence-corrected chi connectivity index (χ2v) is 17.5. The highest BCUT2D eigenvalue weighted by atomic mass is 16.3. The zero-order chi connectivity index (χ0) is 45.7. The molecule has 0 aliphatic carbocycles. The average molecular weight is 880 g/mol. The molecule has 0 radical (unpaired) electrons. The largest absolute Gasteiger partial charge is 0.456 e. The molecule has 13 aromatic rings. The summed E-state index contributed by atoms with van der Waals surface area (Å²) < 4.78 is 6.66. The first-order chi connectivity index (χ1) is 34.2. The number of hydrogen-bond acceptors (Lipinski definition) is 4. The molecule has 0 unspecified atom stereocenters. The molecule has 0 spiro atoms. The number of para-hydroxylation sites is 2. The van der Waals surface area contributed by atoms with E-state index in [1.807, 2.05) is 18.2 Å². The van der Waals surface area contributed by atoms with E-state index in [0.29, 0.717) is 5.82 Å². The number of furan rings is 1. The molecule has 69 heavy (non-hydrogen) atoms. The van der Waals surface area contributed by atoms with Crippen molar-refractivity contribution in [2.75, 3.05) is 0 Å². The Hall–Kier alpha value is -9.25. The summed E-state index contributed by atoms with van der Waals surface area (Å²) >= 11 is 0. The molecule has 322 valence electrons. The second-order valence-electron chi connectivity index (χ2n) is 17.5. The number of fused-ring (bicyclic) bond motifs is 6. The van der Waals surface area contributed by atoms with Crippen LogP contribution in [0.1, 0.15) is 0 Å². The van der Waals surface area contributed by atoms with Gasteiger partial charge in [-0.2, -0.15) is 0 Å². The fourth-order valence-electron chi connectivity index (χ4n) is 9.96. The van der Waals surface area contributed by atoms with Crippen LogP contribution in [-0.2, 0) is 0 Å². The van der Waals surface area contributed by atoms with Crippen molar-refractivity contribution in [2.24, 2.45) is 0 Å². The van der Waals surface area contributed by atoms with Crippen molar-refractivity contribution < 1.29 is 4.42 Å². The third kappa shape index (κ3) is 7.32. The lowest BCUT2D eigenvalue weighted by Crippen LogP contribution is -1.97. The second kappa shape index (κ2) is 16.9. The zero-order valence-electron chi connectivity index (χ0n) is 37.4. The summed E-state index contributed by atoms with van der Waals surface area (Å²) in [5.74, 6) is 0.667. The lowest BCUT2D eigenvalue weighted by Gasteiger charge is -2.16. The maximum absolute atomic E-state index is 6.66. The quantitative estimate of drug-likeness (QED) is 0.143. The van der Waals surface area contributed by atoms with Gasteiger partial charge in [-0.3, -0.25) is 0 Å². The smallest absolute Gasteiger partial charge is 0.160 e. The maximum Gasteiger partial charge on any atom is 0.160 e. The molecule has 0 aliphatic rings. The number of hydrogen-bond donors (Lipinski definition) is 0. The number of pyridine rings is 1. The van der Waals surface area contributed by atoms with Crippen LogP contribution in [0.2, 0.25) is 0 Å². The summed E-state index contributed by atoms with van der Waals surface area (Å²) in [6.07, 6.45) is 0. The highest BCUT2D eigenvalue weighted by molar-refractivity contribution is 6.27. The molecule has 4 heteroatoms. The van der Waals surface area contributed by atoms with Crippen molar-refractivity contribution in [1.29, 1.82) is 0 Å². The van der Waals surface area contributed by atoms with E-state index in [0.717, 1.165) is 127 Å². The van der Waals surface area contributed by atoms with Crippen LogP contribution in [0.25, 0.3) is 133 Å². The molecule has 4 nitrogen and oxygen atoms in total. The van der Waals surface area contributed by atoms with Gasteiger partial charge in [-0.05, 0) is 87.5 Å². The summed E-state index contributed by atoms with van der Waals surface area (Å²) in [5.41, 5.74) is 18.2. The van der Waals surface area contributed by atoms with Crippen LogP contribution in [-0.4, -0.2) is 15.0 Å². The number of benzene rings is 10. The Balaban J connectivity index is 0.964. The van der Waals surface area contributed by atoms with E-state index in [-0.39, 0.29) is 0 Å². The first-order valence-electron chi connectivity index (χ1n) is 23.3. The Bertz CT molecular complexity index is 3970. The lowest BCUT2D eigenvalue weighted by molar-refractivity contribution is 0.669.